The van der Waals surface area contributed by atoms with Gasteiger partial charge in [-0.1, -0.05) is 0 Å². The van der Waals surface area contributed by atoms with E-state index in [0.29, 0.717) is 5.75 Å². The third kappa shape index (κ3) is 2.56. The molecule has 1 heterocycles. The van der Waals surface area contributed by atoms with Gasteiger partial charge in [-0.05, 0) is 7.05 Å². The topological polar surface area (TPSA) is 3.24 Å². The van der Waals surface area contributed by atoms with Crippen molar-refractivity contribution in [2.45, 2.75) is 11.4 Å². The van der Waals surface area contributed by atoms with Crippen LogP contribution in [-0.4, -0.2) is 42.2 Å². The Morgan fingerprint density at radius 1 is 1.45 bits per heavy atom. The van der Waals surface area contributed by atoms with Gasteiger partial charge in [-0.25, -0.2) is 0 Å². The maximum atomic E-state index is 12.1. The van der Waals surface area contributed by atoms with Crippen molar-refractivity contribution in [1.29, 1.82) is 0 Å². The van der Waals surface area contributed by atoms with Crippen LogP contribution in [0.25, 0.3) is 0 Å². The predicted molar refractivity (Wildman–Crippen MR) is 39.8 cm³/mol. The lowest BCUT2D eigenvalue weighted by atomic mass is 10.3. The highest BCUT2D eigenvalue weighted by atomic mass is 32.2. The van der Waals surface area contributed by atoms with Crippen molar-refractivity contribution in [2.24, 2.45) is 0 Å². The molecule has 1 rings (SSSR count). The SMILES string of the molecule is CN1CCSC(C(F)(F)F)C1. The minimum Gasteiger partial charge on any atom is -0.304 e. The van der Waals surface area contributed by atoms with Gasteiger partial charge in [0.05, 0.1) is 0 Å². The Bertz CT molecular complexity index is 136. The number of hydrogen-bond donors (Lipinski definition) is 0. The van der Waals surface area contributed by atoms with Crippen molar-refractivity contribution in [1.82, 2.24) is 4.90 Å². The van der Waals surface area contributed by atoms with E-state index in [0.717, 1.165) is 18.3 Å². The predicted octanol–water partition coefficient (Wildman–Crippen LogP) is 1.60. The third-order valence-electron chi connectivity index (χ3n) is 1.63. The number of rotatable bonds is 0. The van der Waals surface area contributed by atoms with Gasteiger partial charge < -0.3 is 4.90 Å². The van der Waals surface area contributed by atoms with Gasteiger partial charge in [0.2, 0.25) is 0 Å². The Balaban J connectivity index is 2.46. The average molecular weight is 185 g/mol. The molecule has 0 N–H and O–H groups in total. The molecular weight excluding hydrogens is 175 g/mol. The Morgan fingerprint density at radius 2 is 2.09 bits per heavy atom. The van der Waals surface area contributed by atoms with Gasteiger partial charge in [-0.2, -0.15) is 13.2 Å². The van der Waals surface area contributed by atoms with Gasteiger partial charge in [0, 0.05) is 18.8 Å². The van der Waals surface area contributed by atoms with Crippen LogP contribution in [0, 0.1) is 0 Å². The van der Waals surface area contributed by atoms with Crippen LogP contribution in [0.4, 0.5) is 13.2 Å². The molecule has 1 unspecified atom stereocenters. The summed E-state index contributed by atoms with van der Waals surface area (Å²) in [5.74, 6) is 0.584. The summed E-state index contributed by atoms with van der Waals surface area (Å²) in [6, 6.07) is 0. The molecule has 1 aliphatic rings. The molecule has 11 heavy (non-hydrogen) atoms. The minimum absolute atomic E-state index is 0.133. The van der Waals surface area contributed by atoms with Gasteiger partial charge in [-0.15, -0.1) is 11.8 Å². The summed E-state index contributed by atoms with van der Waals surface area (Å²) in [6.45, 7) is 0.894. The highest BCUT2D eigenvalue weighted by Gasteiger charge is 2.41. The molecule has 66 valence electrons. The average Bonchev–Trinajstić information content (AvgIpc) is 1.86. The van der Waals surface area contributed by atoms with E-state index in [9.17, 15) is 13.2 Å². The third-order valence-corrected chi connectivity index (χ3v) is 2.87. The van der Waals surface area contributed by atoms with Crippen LogP contribution >= 0.6 is 11.8 Å². The molecular formula is C6H10F3NS. The molecule has 0 radical (unpaired) electrons. The molecule has 0 amide bonds. The molecule has 1 nitrogen and oxygen atoms in total. The Kier molecular flexibility index (Phi) is 2.70. The van der Waals surface area contributed by atoms with Gasteiger partial charge >= 0.3 is 6.18 Å². The maximum absolute atomic E-state index is 12.1. The summed E-state index contributed by atoms with van der Waals surface area (Å²) >= 11 is 1.01. The normalized spacial score (nSPS) is 28.9. The fourth-order valence-electron chi connectivity index (χ4n) is 0.976. The number of nitrogens with zero attached hydrogens (tertiary/aromatic N) is 1. The zero-order valence-electron chi connectivity index (χ0n) is 6.19. The van der Waals surface area contributed by atoms with E-state index in [4.69, 9.17) is 0 Å². The summed E-state index contributed by atoms with van der Waals surface area (Å²) in [5.41, 5.74) is 0. The fraction of sp³-hybridized carbons (Fsp3) is 1.00. The van der Waals surface area contributed by atoms with Crippen LogP contribution in [0.3, 0.4) is 0 Å². The van der Waals surface area contributed by atoms with Gasteiger partial charge in [-0.3, -0.25) is 0 Å². The van der Waals surface area contributed by atoms with Gasteiger partial charge in [0.1, 0.15) is 5.25 Å². The van der Waals surface area contributed by atoms with E-state index in [1.54, 1.807) is 11.9 Å². The smallest absolute Gasteiger partial charge is 0.304 e. The van der Waals surface area contributed by atoms with Crippen LogP contribution < -0.4 is 0 Å². The van der Waals surface area contributed by atoms with Crippen LogP contribution in [0.2, 0.25) is 0 Å². The van der Waals surface area contributed by atoms with Crippen molar-refractivity contribution in [3.63, 3.8) is 0 Å². The Hall–Kier alpha value is 0.100. The zero-order chi connectivity index (χ0) is 8.48. The first-order valence-corrected chi connectivity index (χ1v) is 4.42. The molecule has 1 fully saturated rings. The number of hydrogen-bond acceptors (Lipinski definition) is 2. The number of halogens is 3. The molecule has 0 saturated carbocycles. The van der Waals surface area contributed by atoms with Gasteiger partial charge in [0.25, 0.3) is 0 Å². The first kappa shape index (κ1) is 9.19. The zero-order valence-corrected chi connectivity index (χ0v) is 7.00. The second-order valence-corrected chi connectivity index (χ2v) is 3.97. The first-order valence-electron chi connectivity index (χ1n) is 3.37. The molecule has 0 aromatic carbocycles. The molecule has 0 aliphatic carbocycles. The van der Waals surface area contributed by atoms with E-state index >= 15 is 0 Å². The van der Waals surface area contributed by atoms with E-state index in [1.165, 1.54) is 0 Å². The quantitative estimate of drug-likeness (QED) is 0.564. The van der Waals surface area contributed by atoms with Crippen molar-refractivity contribution in [3.05, 3.63) is 0 Å². The van der Waals surface area contributed by atoms with Crippen LogP contribution in [0.5, 0.6) is 0 Å². The summed E-state index contributed by atoms with van der Waals surface area (Å²) in [4.78, 5) is 1.72. The van der Waals surface area contributed by atoms with Crippen molar-refractivity contribution < 1.29 is 13.2 Å². The first-order chi connectivity index (χ1) is 5.00. The second kappa shape index (κ2) is 3.23. The largest absolute Gasteiger partial charge is 0.401 e. The van der Waals surface area contributed by atoms with E-state index in [1.807, 2.05) is 0 Å². The maximum Gasteiger partial charge on any atom is 0.401 e. The van der Waals surface area contributed by atoms with E-state index < -0.39 is 11.4 Å². The van der Waals surface area contributed by atoms with Crippen LogP contribution in [0.1, 0.15) is 0 Å². The standard InChI is InChI=1S/C6H10F3NS/c1-10-2-3-11-5(4-10)6(7,8)9/h5H,2-4H2,1H3. The summed E-state index contributed by atoms with van der Waals surface area (Å²) in [7, 11) is 1.72. The van der Waals surface area contributed by atoms with E-state index in [-0.39, 0.29) is 6.54 Å². The monoisotopic (exact) mass is 185 g/mol. The molecule has 0 bridgehead atoms. The molecule has 1 atom stereocenters. The highest BCUT2D eigenvalue weighted by Crippen LogP contribution is 2.32. The van der Waals surface area contributed by atoms with Crippen LogP contribution in [-0.2, 0) is 0 Å². The summed E-state index contributed by atoms with van der Waals surface area (Å²) < 4.78 is 36.2. The summed E-state index contributed by atoms with van der Waals surface area (Å²) in [6.07, 6.45) is -4.03. The fourth-order valence-corrected chi connectivity index (χ4v) is 2.23. The highest BCUT2D eigenvalue weighted by molar-refractivity contribution is 8.00. The lowest BCUT2D eigenvalue weighted by molar-refractivity contribution is -0.132. The molecule has 0 spiro atoms. The van der Waals surface area contributed by atoms with Crippen molar-refractivity contribution in [2.75, 3.05) is 25.9 Å². The van der Waals surface area contributed by atoms with Crippen LogP contribution in [0.15, 0.2) is 0 Å². The molecule has 1 aliphatic heterocycles. The molecule has 0 aromatic rings. The summed E-state index contributed by atoms with van der Waals surface area (Å²) in [5, 5.41) is -1.18. The van der Waals surface area contributed by atoms with Gasteiger partial charge in [0.15, 0.2) is 0 Å². The van der Waals surface area contributed by atoms with Crippen molar-refractivity contribution >= 4 is 11.8 Å². The molecule has 0 aromatic heterocycles. The Morgan fingerprint density at radius 3 is 2.45 bits per heavy atom. The van der Waals surface area contributed by atoms with Crippen molar-refractivity contribution in [3.8, 4) is 0 Å². The molecule has 1 saturated heterocycles. The lowest BCUT2D eigenvalue weighted by Crippen LogP contribution is -2.42. The Labute approximate surface area is 67.9 Å². The second-order valence-electron chi connectivity index (χ2n) is 2.66. The molecule has 5 heteroatoms. The van der Waals surface area contributed by atoms with E-state index in [2.05, 4.69) is 0 Å². The lowest BCUT2D eigenvalue weighted by Gasteiger charge is -2.30. The minimum atomic E-state index is -4.03. The number of thioether (sulfide) groups is 1. The number of alkyl halides is 3.